The fourth-order valence-electron chi connectivity index (χ4n) is 3.17. The number of carbonyl (C=O) groups is 1. The van der Waals surface area contributed by atoms with Crippen molar-refractivity contribution in [1.82, 2.24) is 10.3 Å². The minimum atomic E-state index is -0.171. The maximum Gasteiger partial charge on any atom is 0.263 e. The van der Waals surface area contributed by atoms with Crippen LogP contribution in [0.2, 0.25) is 0 Å². The first kappa shape index (κ1) is 19.9. The Morgan fingerprint density at radius 1 is 1.14 bits per heavy atom. The lowest BCUT2D eigenvalue weighted by atomic mass is 10.1. The first-order valence-corrected chi connectivity index (χ1v) is 9.83. The highest BCUT2D eigenvalue weighted by molar-refractivity contribution is 7.21. The van der Waals surface area contributed by atoms with E-state index in [2.05, 4.69) is 10.3 Å². The van der Waals surface area contributed by atoms with Gasteiger partial charge in [0, 0.05) is 17.6 Å². The Labute approximate surface area is 168 Å². The molecule has 0 spiro atoms. The zero-order valence-electron chi connectivity index (χ0n) is 16.8. The molecule has 0 aliphatic carbocycles. The minimum Gasteiger partial charge on any atom is -0.493 e. The predicted molar refractivity (Wildman–Crippen MR) is 114 cm³/mol. The van der Waals surface area contributed by atoms with Crippen molar-refractivity contribution < 1.29 is 14.3 Å². The van der Waals surface area contributed by atoms with E-state index >= 15 is 0 Å². The van der Waals surface area contributed by atoms with Gasteiger partial charge in [0.1, 0.15) is 9.71 Å². The zero-order chi connectivity index (χ0) is 20.4. The molecule has 6 nitrogen and oxygen atoms in total. The monoisotopic (exact) mass is 399 g/mol. The highest BCUT2D eigenvalue weighted by atomic mass is 32.1. The highest BCUT2D eigenvalue weighted by Gasteiger charge is 2.20. The van der Waals surface area contributed by atoms with Gasteiger partial charge in [0.05, 0.1) is 19.9 Å². The van der Waals surface area contributed by atoms with Crippen LogP contribution in [0.5, 0.6) is 11.5 Å². The summed E-state index contributed by atoms with van der Waals surface area (Å²) in [6.07, 6.45) is 0.673. The summed E-state index contributed by atoms with van der Waals surface area (Å²) in [5.74, 6) is 1.19. The fourth-order valence-corrected chi connectivity index (χ4v) is 4.29. The van der Waals surface area contributed by atoms with Gasteiger partial charge in [-0.05, 0) is 56.0 Å². The molecule has 0 saturated heterocycles. The van der Waals surface area contributed by atoms with Crippen molar-refractivity contribution in [3.05, 3.63) is 45.5 Å². The average Bonchev–Trinajstić information content (AvgIpc) is 3.02. The van der Waals surface area contributed by atoms with Crippen molar-refractivity contribution in [2.45, 2.75) is 27.2 Å². The van der Waals surface area contributed by atoms with Crippen molar-refractivity contribution in [1.29, 1.82) is 0 Å². The molecule has 0 unspecified atom stereocenters. The summed E-state index contributed by atoms with van der Waals surface area (Å²) in [5.41, 5.74) is 11.0. The van der Waals surface area contributed by atoms with Crippen LogP contribution in [0.4, 0.5) is 5.69 Å². The molecule has 0 saturated carbocycles. The number of anilines is 1. The normalized spacial score (nSPS) is 10.9. The second-order valence-electron chi connectivity index (χ2n) is 6.67. The summed E-state index contributed by atoms with van der Waals surface area (Å²) in [4.78, 5) is 18.6. The third-order valence-electron chi connectivity index (χ3n) is 5.03. The van der Waals surface area contributed by atoms with Crippen molar-refractivity contribution in [3.63, 3.8) is 0 Å². The number of amides is 1. The van der Waals surface area contributed by atoms with Crippen LogP contribution in [0.25, 0.3) is 10.2 Å². The van der Waals surface area contributed by atoms with Gasteiger partial charge >= 0.3 is 0 Å². The number of aromatic nitrogens is 1. The minimum absolute atomic E-state index is 0.171. The summed E-state index contributed by atoms with van der Waals surface area (Å²) >= 11 is 1.34. The highest BCUT2D eigenvalue weighted by Crippen LogP contribution is 2.36. The Bertz CT molecular complexity index is 1040. The number of ether oxygens (including phenoxy) is 2. The number of methoxy groups -OCH3 is 2. The molecule has 3 aromatic rings. The molecule has 1 aromatic carbocycles. The van der Waals surface area contributed by atoms with Crippen molar-refractivity contribution in [3.8, 4) is 11.5 Å². The van der Waals surface area contributed by atoms with Gasteiger partial charge in [-0.1, -0.05) is 6.07 Å². The quantitative estimate of drug-likeness (QED) is 0.658. The lowest BCUT2D eigenvalue weighted by molar-refractivity contribution is 0.0959. The molecule has 7 heteroatoms. The predicted octanol–water partition coefficient (Wildman–Crippen LogP) is 3.79. The van der Waals surface area contributed by atoms with Gasteiger partial charge in [0.15, 0.2) is 11.5 Å². The molecular formula is C21H25N3O3S. The molecule has 0 atom stereocenters. The molecule has 0 bridgehead atoms. The molecule has 3 N–H and O–H groups in total. The molecule has 148 valence electrons. The average molecular weight is 400 g/mol. The molecule has 2 aromatic heterocycles. The van der Waals surface area contributed by atoms with Gasteiger partial charge in [0.25, 0.3) is 5.91 Å². The van der Waals surface area contributed by atoms with E-state index in [1.807, 2.05) is 39.0 Å². The van der Waals surface area contributed by atoms with Gasteiger partial charge in [-0.2, -0.15) is 0 Å². The van der Waals surface area contributed by atoms with E-state index in [1.54, 1.807) is 14.2 Å². The number of hydrogen-bond donors (Lipinski definition) is 2. The van der Waals surface area contributed by atoms with E-state index in [0.717, 1.165) is 32.6 Å². The number of pyridine rings is 1. The van der Waals surface area contributed by atoms with Crippen molar-refractivity contribution in [2.75, 3.05) is 26.5 Å². The molecule has 0 aliphatic heterocycles. The summed E-state index contributed by atoms with van der Waals surface area (Å²) < 4.78 is 10.6. The van der Waals surface area contributed by atoms with Gasteiger partial charge in [-0.15, -0.1) is 11.3 Å². The molecule has 0 fully saturated rings. The van der Waals surface area contributed by atoms with Crippen LogP contribution in [0.3, 0.4) is 0 Å². The molecule has 28 heavy (non-hydrogen) atoms. The largest absolute Gasteiger partial charge is 0.493 e. The summed E-state index contributed by atoms with van der Waals surface area (Å²) in [5, 5.41) is 3.84. The third-order valence-corrected chi connectivity index (χ3v) is 6.13. The number of aryl methyl sites for hydroxylation is 2. The van der Waals surface area contributed by atoms with E-state index in [1.165, 1.54) is 11.3 Å². The van der Waals surface area contributed by atoms with Crippen LogP contribution in [-0.2, 0) is 6.42 Å². The Balaban J connectivity index is 1.74. The topological polar surface area (TPSA) is 86.5 Å². The summed E-state index contributed by atoms with van der Waals surface area (Å²) in [6, 6.07) is 5.73. The number of nitrogens with two attached hydrogens (primary N) is 1. The van der Waals surface area contributed by atoms with E-state index in [0.29, 0.717) is 35.0 Å². The zero-order valence-corrected chi connectivity index (χ0v) is 17.6. The maximum atomic E-state index is 12.7. The number of thiophene rings is 1. The Kier molecular flexibility index (Phi) is 5.74. The Hall–Kier alpha value is -2.80. The Morgan fingerprint density at radius 3 is 2.54 bits per heavy atom. The van der Waals surface area contributed by atoms with Gasteiger partial charge in [-0.25, -0.2) is 4.98 Å². The van der Waals surface area contributed by atoms with Gasteiger partial charge in [-0.3, -0.25) is 4.79 Å². The molecular weight excluding hydrogens is 374 g/mol. The number of nitrogen functional groups attached to an aromatic ring is 1. The second kappa shape index (κ2) is 8.06. The Morgan fingerprint density at radius 2 is 1.86 bits per heavy atom. The third kappa shape index (κ3) is 3.62. The number of fused-ring (bicyclic) bond motifs is 1. The van der Waals surface area contributed by atoms with E-state index in [4.69, 9.17) is 15.2 Å². The lowest BCUT2D eigenvalue weighted by Gasteiger charge is -2.10. The van der Waals surface area contributed by atoms with E-state index in [9.17, 15) is 4.79 Å². The number of nitrogens with zero attached hydrogens (tertiary/aromatic N) is 1. The van der Waals surface area contributed by atoms with Crippen LogP contribution in [0, 0.1) is 20.8 Å². The fraction of sp³-hybridized carbons (Fsp3) is 0.333. The van der Waals surface area contributed by atoms with Crippen LogP contribution in [0.1, 0.15) is 32.1 Å². The molecule has 0 radical (unpaired) electrons. The molecule has 0 aliphatic rings. The number of nitrogens with one attached hydrogen (secondary N) is 1. The maximum absolute atomic E-state index is 12.7. The first-order valence-electron chi connectivity index (χ1n) is 9.02. The van der Waals surface area contributed by atoms with Crippen LogP contribution in [-0.4, -0.2) is 31.7 Å². The molecule has 2 heterocycles. The number of benzene rings is 1. The second-order valence-corrected chi connectivity index (χ2v) is 7.67. The van der Waals surface area contributed by atoms with Crippen LogP contribution in [0.15, 0.2) is 18.2 Å². The van der Waals surface area contributed by atoms with Gasteiger partial charge < -0.3 is 20.5 Å². The molecule has 3 rings (SSSR count). The van der Waals surface area contributed by atoms with Crippen LogP contribution >= 0.6 is 11.3 Å². The SMILES string of the molecule is COc1ccc(CCNC(=O)c2sc3nc(C)c(C)c(C)c3c2N)cc1OC. The number of rotatable bonds is 6. The van der Waals surface area contributed by atoms with Gasteiger partial charge in [0.2, 0.25) is 0 Å². The van der Waals surface area contributed by atoms with Crippen molar-refractivity contribution >= 4 is 33.1 Å². The lowest BCUT2D eigenvalue weighted by Crippen LogP contribution is -2.25. The van der Waals surface area contributed by atoms with E-state index in [-0.39, 0.29) is 5.91 Å². The van der Waals surface area contributed by atoms with E-state index < -0.39 is 0 Å². The van der Waals surface area contributed by atoms with Crippen LogP contribution < -0.4 is 20.5 Å². The molecule has 1 amide bonds. The number of hydrogen-bond acceptors (Lipinski definition) is 6. The standard InChI is InChI=1S/C21H25N3O3S/c1-11-12(2)17-18(22)19(28-21(17)24-13(11)3)20(25)23-9-8-14-6-7-15(26-4)16(10-14)27-5/h6-7,10H,8-9,22H2,1-5H3,(H,23,25). The van der Waals surface area contributed by atoms with Crippen molar-refractivity contribution in [2.24, 2.45) is 0 Å². The summed E-state index contributed by atoms with van der Waals surface area (Å²) in [7, 11) is 3.21. The summed E-state index contributed by atoms with van der Waals surface area (Å²) in [6.45, 7) is 6.51. The smallest absolute Gasteiger partial charge is 0.263 e. The first-order chi connectivity index (χ1) is 13.4. The number of carbonyl (C=O) groups excluding carboxylic acids is 1.